The first-order valence-corrected chi connectivity index (χ1v) is 4.77. The molecule has 0 aliphatic rings. The van der Waals surface area contributed by atoms with Crippen LogP contribution in [0.2, 0.25) is 0 Å². The van der Waals surface area contributed by atoms with Gasteiger partial charge in [0.05, 0.1) is 17.6 Å². The van der Waals surface area contributed by atoms with Crippen LogP contribution in [0.1, 0.15) is 6.92 Å². The Morgan fingerprint density at radius 1 is 1.53 bits per heavy atom. The van der Waals surface area contributed by atoms with Crippen LogP contribution in [0.5, 0.6) is 5.75 Å². The van der Waals surface area contributed by atoms with Crippen molar-refractivity contribution in [2.24, 2.45) is 0 Å². The molecule has 92 valence electrons. The number of carbonyl (C=O) groups excluding carboxylic acids is 1. The minimum Gasteiger partial charge on any atom is -0.479 e. The van der Waals surface area contributed by atoms with Gasteiger partial charge in [0.15, 0.2) is 18.2 Å². The van der Waals surface area contributed by atoms with Crippen LogP contribution >= 0.6 is 0 Å². The Hall–Kier alpha value is -2.18. The molecule has 0 fully saturated rings. The summed E-state index contributed by atoms with van der Waals surface area (Å²) in [6, 6.07) is 2.90. The summed E-state index contributed by atoms with van der Waals surface area (Å²) in [5.74, 6) is -1.77. The van der Waals surface area contributed by atoms with E-state index in [1.54, 1.807) is 6.92 Å². The molecule has 17 heavy (non-hydrogen) atoms. The average molecular weight is 243 g/mol. The van der Waals surface area contributed by atoms with Gasteiger partial charge >= 0.3 is 5.97 Å². The highest BCUT2D eigenvalue weighted by Crippen LogP contribution is 2.22. The monoisotopic (exact) mass is 243 g/mol. The Labute approximate surface area is 96.1 Å². The smallest absolute Gasteiger partial charge is 0.344 e. The van der Waals surface area contributed by atoms with E-state index in [2.05, 4.69) is 4.74 Å². The summed E-state index contributed by atoms with van der Waals surface area (Å²) in [5.41, 5.74) is -0.383. The van der Waals surface area contributed by atoms with E-state index in [1.807, 2.05) is 0 Å². The van der Waals surface area contributed by atoms with Crippen molar-refractivity contribution in [1.82, 2.24) is 0 Å². The van der Waals surface area contributed by atoms with Gasteiger partial charge in [0.2, 0.25) is 0 Å². The lowest BCUT2D eigenvalue weighted by Crippen LogP contribution is -2.15. The Morgan fingerprint density at radius 3 is 2.76 bits per heavy atom. The number of nitro benzene ring substituents is 1. The lowest BCUT2D eigenvalue weighted by atomic mass is 10.3. The molecule has 0 spiro atoms. The number of ether oxygens (including phenoxy) is 2. The van der Waals surface area contributed by atoms with Crippen LogP contribution in [0.15, 0.2) is 18.2 Å². The standard InChI is InChI=1S/C10H10FNO5/c1-2-16-10(13)6-17-9-4-3-7(12(14)15)5-8(9)11/h3-5H,2,6H2,1H3. The lowest BCUT2D eigenvalue weighted by Gasteiger charge is -2.06. The molecule has 0 saturated heterocycles. The average Bonchev–Trinajstić information content (AvgIpc) is 2.27. The molecule has 0 radical (unpaired) electrons. The first-order chi connectivity index (χ1) is 8.04. The third kappa shape index (κ3) is 3.71. The van der Waals surface area contributed by atoms with E-state index in [9.17, 15) is 19.3 Å². The van der Waals surface area contributed by atoms with Crippen molar-refractivity contribution in [2.45, 2.75) is 6.92 Å². The van der Waals surface area contributed by atoms with Crippen LogP contribution in [0.4, 0.5) is 10.1 Å². The summed E-state index contributed by atoms with van der Waals surface area (Å²) < 4.78 is 22.6. The number of halogens is 1. The van der Waals surface area contributed by atoms with Crippen molar-refractivity contribution in [1.29, 1.82) is 0 Å². The number of nitrogens with zero attached hydrogens (tertiary/aromatic N) is 1. The second-order valence-corrected chi connectivity index (χ2v) is 2.97. The van der Waals surface area contributed by atoms with Gasteiger partial charge in [-0.3, -0.25) is 10.1 Å². The van der Waals surface area contributed by atoms with Crippen molar-refractivity contribution in [2.75, 3.05) is 13.2 Å². The molecule has 0 heterocycles. The normalized spacial score (nSPS) is 9.76. The molecule has 1 rings (SSSR count). The van der Waals surface area contributed by atoms with Gasteiger partial charge < -0.3 is 9.47 Å². The molecule has 1 aromatic carbocycles. The highest BCUT2D eigenvalue weighted by Gasteiger charge is 2.12. The van der Waals surface area contributed by atoms with Crippen LogP contribution in [0, 0.1) is 15.9 Å². The SMILES string of the molecule is CCOC(=O)COc1ccc([N+](=O)[O-])cc1F. The predicted molar refractivity (Wildman–Crippen MR) is 55.2 cm³/mol. The fourth-order valence-electron chi connectivity index (χ4n) is 1.06. The van der Waals surface area contributed by atoms with E-state index in [0.717, 1.165) is 18.2 Å². The first-order valence-electron chi connectivity index (χ1n) is 4.77. The van der Waals surface area contributed by atoms with E-state index in [0.29, 0.717) is 0 Å². The van der Waals surface area contributed by atoms with Crippen molar-refractivity contribution in [3.63, 3.8) is 0 Å². The van der Waals surface area contributed by atoms with Gasteiger partial charge in [-0.05, 0) is 13.0 Å². The molecular weight excluding hydrogens is 233 g/mol. The molecule has 7 heteroatoms. The molecule has 0 aromatic heterocycles. The van der Waals surface area contributed by atoms with Crippen LogP contribution in [-0.2, 0) is 9.53 Å². The number of nitro groups is 1. The summed E-state index contributed by atoms with van der Waals surface area (Å²) in [6.07, 6.45) is 0. The van der Waals surface area contributed by atoms with E-state index in [4.69, 9.17) is 4.74 Å². The van der Waals surface area contributed by atoms with Crippen LogP contribution < -0.4 is 4.74 Å². The van der Waals surface area contributed by atoms with Crippen molar-refractivity contribution >= 4 is 11.7 Å². The summed E-state index contributed by atoms with van der Waals surface area (Å²) in [5, 5.41) is 10.3. The van der Waals surface area contributed by atoms with E-state index < -0.39 is 23.3 Å². The summed E-state index contributed by atoms with van der Waals surface area (Å²) >= 11 is 0. The zero-order valence-electron chi connectivity index (χ0n) is 9.01. The topological polar surface area (TPSA) is 78.7 Å². The van der Waals surface area contributed by atoms with Crippen LogP contribution in [0.3, 0.4) is 0 Å². The van der Waals surface area contributed by atoms with Crippen molar-refractivity contribution < 1.29 is 23.6 Å². The van der Waals surface area contributed by atoms with Gasteiger partial charge in [-0.15, -0.1) is 0 Å². The lowest BCUT2D eigenvalue weighted by molar-refractivity contribution is -0.385. The Bertz CT molecular complexity index is 435. The highest BCUT2D eigenvalue weighted by atomic mass is 19.1. The predicted octanol–water partition coefficient (Wildman–Crippen LogP) is 1.68. The Morgan fingerprint density at radius 2 is 2.24 bits per heavy atom. The third-order valence-electron chi connectivity index (χ3n) is 1.78. The molecule has 0 atom stereocenters. The van der Waals surface area contributed by atoms with Crippen molar-refractivity contribution in [3.05, 3.63) is 34.1 Å². The molecule has 1 aromatic rings. The highest BCUT2D eigenvalue weighted by molar-refractivity contribution is 5.71. The molecule has 0 saturated carbocycles. The maximum Gasteiger partial charge on any atom is 0.344 e. The van der Waals surface area contributed by atoms with Crippen molar-refractivity contribution in [3.8, 4) is 5.75 Å². The fourth-order valence-corrected chi connectivity index (χ4v) is 1.06. The number of rotatable bonds is 5. The Balaban J connectivity index is 2.66. The zero-order valence-corrected chi connectivity index (χ0v) is 9.01. The zero-order chi connectivity index (χ0) is 12.8. The third-order valence-corrected chi connectivity index (χ3v) is 1.78. The number of hydrogen-bond donors (Lipinski definition) is 0. The molecule has 0 bridgehead atoms. The second kappa shape index (κ2) is 5.78. The summed E-state index contributed by atoms with van der Waals surface area (Å²) in [6.45, 7) is 1.39. The fraction of sp³-hybridized carbons (Fsp3) is 0.300. The first kappa shape index (κ1) is 12.9. The van der Waals surface area contributed by atoms with Crippen LogP contribution in [0.25, 0.3) is 0 Å². The maximum absolute atomic E-state index is 13.3. The molecule has 0 aliphatic carbocycles. The second-order valence-electron chi connectivity index (χ2n) is 2.97. The van der Waals surface area contributed by atoms with E-state index in [1.165, 1.54) is 0 Å². The molecular formula is C10H10FNO5. The minimum atomic E-state index is -0.900. The molecule has 0 unspecified atom stereocenters. The number of non-ortho nitro benzene ring substituents is 1. The van der Waals surface area contributed by atoms with Gasteiger partial charge in [-0.1, -0.05) is 0 Å². The Kier molecular flexibility index (Phi) is 4.38. The van der Waals surface area contributed by atoms with Gasteiger partial charge in [0, 0.05) is 6.07 Å². The molecule has 0 amide bonds. The number of esters is 1. The van der Waals surface area contributed by atoms with Crippen LogP contribution in [-0.4, -0.2) is 24.1 Å². The quantitative estimate of drug-likeness (QED) is 0.446. The number of hydrogen-bond acceptors (Lipinski definition) is 5. The molecule has 0 aliphatic heterocycles. The minimum absolute atomic E-state index is 0.199. The molecule has 6 nitrogen and oxygen atoms in total. The van der Waals surface area contributed by atoms with Gasteiger partial charge in [-0.25, -0.2) is 9.18 Å². The van der Waals surface area contributed by atoms with E-state index in [-0.39, 0.29) is 18.0 Å². The number of carbonyl (C=O) groups is 1. The summed E-state index contributed by atoms with van der Waals surface area (Å²) in [7, 11) is 0. The molecule has 0 N–H and O–H groups in total. The van der Waals surface area contributed by atoms with E-state index >= 15 is 0 Å². The summed E-state index contributed by atoms with van der Waals surface area (Å²) in [4.78, 5) is 20.5. The number of benzene rings is 1. The van der Waals surface area contributed by atoms with Gasteiger partial charge in [-0.2, -0.15) is 0 Å². The largest absolute Gasteiger partial charge is 0.479 e. The maximum atomic E-state index is 13.3. The van der Waals surface area contributed by atoms with Gasteiger partial charge in [0.25, 0.3) is 5.69 Å². The van der Waals surface area contributed by atoms with Gasteiger partial charge in [0.1, 0.15) is 0 Å².